The Hall–Kier alpha value is -1.16. The Bertz CT molecular complexity index is 352. The van der Waals surface area contributed by atoms with Gasteiger partial charge in [0.15, 0.2) is 0 Å². The van der Waals surface area contributed by atoms with Crippen LogP contribution < -0.4 is 5.32 Å². The molecule has 0 aliphatic heterocycles. The summed E-state index contributed by atoms with van der Waals surface area (Å²) in [6.45, 7) is 2.10. The highest BCUT2D eigenvalue weighted by Gasteiger charge is 2.34. The summed E-state index contributed by atoms with van der Waals surface area (Å²) in [7, 11) is 0. The second-order valence-corrected chi connectivity index (χ2v) is 3.90. The Morgan fingerprint density at radius 1 is 1.57 bits per heavy atom. The molecule has 1 fully saturated rings. The molecule has 1 aliphatic rings. The molecule has 0 bridgehead atoms. The van der Waals surface area contributed by atoms with Gasteiger partial charge in [0.25, 0.3) is 5.91 Å². The van der Waals surface area contributed by atoms with Crippen LogP contribution in [-0.4, -0.2) is 21.9 Å². The normalized spacial score (nSPS) is 24.4. The molecule has 2 atom stereocenters. The topological polar surface area (TPSA) is 54.9 Å². The highest BCUT2D eigenvalue weighted by molar-refractivity contribution is 6.29. The van der Waals surface area contributed by atoms with Gasteiger partial charge in [0, 0.05) is 6.04 Å². The van der Waals surface area contributed by atoms with Gasteiger partial charge in [0.1, 0.15) is 10.8 Å². The Kier molecular flexibility index (Phi) is 2.37. The van der Waals surface area contributed by atoms with Crippen molar-refractivity contribution in [1.82, 2.24) is 15.3 Å². The average molecular weight is 212 g/mol. The summed E-state index contributed by atoms with van der Waals surface area (Å²) < 4.78 is 0. The van der Waals surface area contributed by atoms with Crippen molar-refractivity contribution >= 4 is 17.5 Å². The SMILES string of the molecule is CC1CC1NC(=O)c1cnc(Cl)cn1. The summed E-state index contributed by atoms with van der Waals surface area (Å²) in [5.41, 5.74) is 0.313. The van der Waals surface area contributed by atoms with Crippen LogP contribution >= 0.6 is 11.6 Å². The zero-order chi connectivity index (χ0) is 10.1. The van der Waals surface area contributed by atoms with Gasteiger partial charge in [-0.2, -0.15) is 0 Å². The first-order chi connectivity index (χ1) is 6.66. The monoisotopic (exact) mass is 211 g/mol. The van der Waals surface area contributed by atoms with E-state index >= 15 is 0 Å². The van der Waals surface area contributed by atoms with Gasteiger partial charge >= 0.3 is 0 Å². The number of halogens is 1. The highest BCUT2D eigenvalue weighted by atomic mass is 35.5. The average Bonchev–Trinajstić information content (AvgIpc) is 2.82. The van der Waals surface area contributed by atoms with Crippen LogP contribution in [0.25, 0.3) is 0 Å². The van der Waals surface area contributed by atoms with E-state index in [1.165, 1.54) is 12.4 Å². The third-order valence-electron chi connectivity index (χ3n) is 2.28. The summed E-state index contributed by atoms with van der Waals surface area (Å²) in [6.07, 6.45) is 3.80. The van der Waals surface area contributed by atoms with Gasteiger partial charge in [-0.15, -0.1) is 0 Å². The Morgan fingerprint density at radius 3 is 2.79 bits per heavy atom. The summed E-state index contributed by atoms with van der Waals surface area (Å²) in [6, 6.07) is 0.306. The number of carbonyl (C=O) groups is 1. The molecule has 1 aromatic heterocycles. The maximum Gasteiger partial charge on any atom is 0.271 e. The van der Waals surface area contributed by atoms with Crippen molar-refractivity contribution in [3.8, 4) is 0 Å². The lowest BCUT2D eigenvalue weighted by Gasteiger charge is -2.01. The third-order valence-corrected chi connectivity index (χ3v) is 2.47. The van der Waals surface area contributed by atoms with E-state index in [1.807, 2.05) is 0 Å². The summed E-state index contributed by atoms with van der Waals surface area (Å²) >= 11 is 5.55. The minimum Gasteiger partial charge on any atom is -0.348 e. The van der Waals surface area contributed by atoms with E-state index in [0.29, 0.717) is 22.8 Å². The molecule has 4 nitrogen and oxygen atoms in total. The van der Waals surface area contributed by atoms with Gasteiger partial charge in [-0.25, -0.2) is 9.97 Å². The predicted octanol–water partition coefficient (Wildman–Crippen LogP) is 1.27. The van der Waals surface area contributed by atoms with Crippen molar-refractivity contribution < 1.29 is 4.79 Å². The molecule has 74 valence electrons. The molecule has 1 saturated carbocycles. The largest absolute Gasteiger partial charge is 0.348 e. The van der Waals surface area contributed by atoms with Crippen LogP contribution in [0.15, 0.2) is 12.4 Å². The standard InChI is InChI=1S/C9H10ClN3O/c1-5-2-6(5)13-9(14)7-3-12-8(10)4-11-7/h3-6H,2H2,1H3,(H,13,14). The second-order valence-electron chi connectivity index (χ2n) is 3.52. The number of hydrogen-bond acceptors (Lipinski definition) is 3. The Labute approximate surface area is 86.7 Å². The van der Waals surface area contributed by atoms with E-state index in [2.05, 4.69) is 22.2 Å². The summed E-state index contributed by atoms with van der Waals surface area (Å²) in [5.74, 6) is 0.405. The number of nitrogens with zero attached hydrogens (tertiary/aromatic N) is 2. The van der Waals surface area contributed by atoms with Gasteiger partial charge in [0.05, 0.1) is 12.4 Å². The van der Waals surface area contributed by atoms with E-state index in [1.54, 1.807) is 0 Å². The van der Waals surface area contributed by atoms with Gasteiger partial charge in [-0.05, 0) is 12.3 Å². The maximum absolute atomic E-state index is 11.5. The van der Waals surface area contributed by atoms with Crippen LogP contribution in [0.5, 0.6) is 0 Å². The fourth-order valence-corrected chi connectivity index (χ4v) is 1.29. The van der Waals surface area contributed by atoms with E-state index < -0.39 is 0 Å². The van der Waals surface area contributed by atoms with E-state index in [9.17, 15) is 4.79 Å². The Balaban J connectivity index is 2.00. The molecule has 2 unspecified atom stereocenters. The van der Waals surface area contributed by atoms with Gasteiger partial charge < -0.3 is 5.32 Å². The first-order valence-corrected chi connectivity index (χ1v) is 4.83. The van der Waals surface area contributed by atoms with Crippen LogP contribution in [-0.2, 0) is 0 Å². The summed E-state index contributed by atoms with van der Waals surface area (Å²) in [5, 5.41) is 3.15. The summed E-state index contributed by atoms with van der Waals surface area (Å²) in [4.78, 5) is 19.2. The molecular formula is C9H10ClN3O. The molecule has 0 spiro atoms. The van der Waals surface area contributed by atoms with Gasteiger partial charge in [-0.3, -0.25) is 4.79 Å². The quantitative estimate of drug-likeness (QED) is 0.802. The van der Waals surface area contributed by atoms with Gasteiger partial charge in [0.2, 0.25) is 0 Å². The number of aromatic nitrogens is 2. The smallest absolute Gasteiger partial charge is 0.271 e. The maximum atomic E-state index is 11.5. The van der Waals surface area contributed by atoms with Crippen molar-refractivity contribution in [2.45, 2.75) is 19.4 Å². The molecule has 1 aromatic rings. The molecule has 0 saturated heterocycles. The van der Waals surface area contributed by atoms with Crippen LogP contribution in [0.3, 0.4) is 0 Å². The predicted molar refractivity (Wildman–Crippen MR) is 52.1 cm³/mol. The lowest BCUT2D eigenvalue weighted by molar-refractivity contribution is 0.0944. The zero-order valence-electron chi connectivity index (χ0n) is 7.70. The fraction of sp³-hybridized carbons (Fsp3) is 0.444. The van der Waals surface area contributed by atoms with E-state index in [-0.39, 0.29) is 5.91 Å². The zero-order valence-corrected chi connectivity index (χ0v) is 8.45. The molecule has 2 rings (SSSR count). The number of rotatable bonds is 2. The number of amides is 1. The lowest BCUT2D eigenvalue weighted by Crippen LogP contribution is -2.27. The third kappa shape index (κ3) is 2.01. The number of nitrogens with one attached hydrogen (secondary N) is 1. The van der Waals surface area contributed by atoms with Crippen LogP contribution in [0.4, 0.5) is 0 Å². The number of hydrogen-bond donors (Lipinski definition) is 1. The molecule has 14 heavy (non-hydrogen) atoms. The van der Waals surface area contributed by atoms with Crippen molar-refractivity contribution in [2.75, 3.05) is 0 Å². The lowest BCUT2D eigenvalue weighted by atomic mass is 10.4. The molecule has 1 amide bonds. The number of carbonyl (C=O) groups excluding carboxylic acids is 1. The molecule has 0 radical (unpaired) electrons. The minimum atomic E-state index is -0.177. The van der Waals surface area contributed by atoms with Crippen molar-refractivity contribution in [3.05, 3.63) is 23.2 Å². The highest BCUT2D eigenvalue weighted by Crippen LogP contribution is 2.29. The van der Waals surface area contributed by atoms with Gasteiger partial charge in [-0.1, -0.05) is 18.5 Å². The van der Waals surface area contributed by atoms with Crippen molar-refractivity contribution in [2.24, 2.45) is 5.92 Å². The van der Waals surface area contributed by atoms with Crippen LogP contribution in [0, 0.1) is 5.92 Å². The first kappa shape index (κ1) is 9.40. The second kappa shape index (κ2) is 3.53. The minimum absolute atomic E-state index is 0.177. The van der Waals surface area contributed by atoms with Crippen LogP contribution in [0.1, 0.15) is 23.8 Å². The molecular weight excluding hydrogens is 202 g/mol. The first-order valence-electron chi connectivity index (χ1n) is 4.45. The van der Waals surface area contributed by atoms with Crippen molar-refractivity contribution in [3.63, 3.8) is 0 Å². The van der Waals surface area contributed by atoms with Crippen LogP contribution in [0.2, 0.25) is 5.15 Å². The molecule has 1 heterocycles. The van der Waals surface area contributed by atoms with E-state index in [4.69, 9.17) is 11.6 Å². The Morgan fingerprint density at radius 2 is 2.29 bits per heavy atom. The molecule has 0 aromatic carbocycles. The van der Waals surface area contributed by atoms with Crippen molar-refractivity contribution in [1.29, 1.82) is 0 Å². The fourth-order valence-electron chi connectivity index (χ4n) is 1.20. The molecule has 1 aliphatic carbocycles. The molecule has 1 N–H and O–H groups in total. The molecule has 5 heteroatoms. The van der Waals surface area contributed by atoms with E-state index in [0.717, 1.165) is 6.42 Å².